The number of aryl methyl sites for hydroxylation is 3. The molecule has 0 bridgehead atoms. The highest BCUT2D eigenvalue weighted by Crippen LogP contribution is 2.46. The van der Waals surface area contributed by atoms with Crippen molar-refractivity contribution in [1.82, 2.24) is 9.13 Å². The van der Waals surface area contributed by atoms with Crippen molar-refractivity contribution in [2.24, 2.45) is 7.05 Å². The van der Waals surface area contributed by atoms with Crippen LogP contribution in [0.4, 0.5) is 0 Å². The summed E-state index contributed by atoms with van der Waals surface area (Å²) in [5, 5.41) is 4.88. The number of para-hydroxylation sites is 3. The Bertz CT molecular complexity index is 3030. The Balaban J connectivity index is 1.29. The molecule has 0 radical (unpaired) electrons. The Morgan fingerprint density at radius 1 is 0.593 bits per heavy atom. The van der Waals surface area contributed by atoms with Gasteiger partial charge in [-0.1, -0.05) is 111 Å². The number of nitrogens with zero attached hydrogens (tertiary/aromatic N) is 2. The second-order valence-corrected chi connectivity index (χ2v) is 16.3. The fraction of sp³-hybridized carbons (Fsp3) is 0.143. The molecule has 9 aromatic rings. The highest BCUT2D eigenvalue weighted by Gasteiger charge is 2.43. The van der Waals surface area contributed by atoms with E-state index in [4.69, 9.17) is 9.47 Å². The van der Waals surface area contributed by atoms with Crippen LogP contribution in [0.5, 0.6) is 23.0 Å². The normalized spacial score (nSPS) is 13.3. The van der Waals surface area contributed by atoms with Gasteiger partial charge in [-0.25, -0.2) is 0 Å². The van der Waals surface area contributed by atoms with Crippen molar-refractivity contribution in [3.63, 3.8) is 0 Å². The van der Waals surface area contributed by atoms with Gasteiger partial charge in [0.2, 0.25) is 0 Å². The van der Waals surface area contributed by atoms with E-state index in [0.29, 0.717) is 0 Å². The first-order chi connectivity index (χ1) is 26.2. The first-order valence-corrected chi connectivity index (χ1v) is 18.9. The fourth-order valence-electron chi connectivity index (χ4n) is 9.41. The standard InChI is InChI=1S/C49H39BN2O2/c1-28-19-21-32(29(2)23-28)30-24-43-46-44(25-30)54-48-37(50(46)36-26-31(49(3,4)5)20-22-42(36)53-43)27-41(45-35-15-9-10-16-38(35)51(6)47(45)48)52-39-17-11-7-13-33(39)34-14-8-12-18-40(34)52/h7-27H,1-6H3. The van der Waals surface area contributed by atoms with Crippen molar-refractivity contribution in [2.45, 2.75) is 40.0 Å². The lowest BCUT2D eigenvalue weighted by molar-refractivity contribution is 0.466. The van der Waals surface area contributed by atoms with E-state index in [-0.39, 0.29) is 12.1 Å². The van der Waals surface area contributed by atoms with E-state index in [1.807, 2.05) is 0 Å². The fourth-order valence-corrected chi connectivity index (χ4v) is 9.41. The van der Waals surface area contributed by atoms with Crippen molar-refractivity contribution in [1.29, 1.82) is 0 Å². The van der Waals surface area contributed by atoms with E-state index < -0.39 is 0 Å². The lowest BCUT2D eigenvalue weighted by Crippen LogP contribution is -2.57. The summed E-state index contributed by atoms with van der Waals surface area (Å²) < 4.78 is 19.1. The molecule has 2 aliphatic rings. The Morgan fingerprint density at radius 3 is 1.93 bits per heavy atom. The molecule has 0 aliphatic carbocycles. The lowest BCUT2D eigenvalue weighted by Gasteiger charge is -2.35. The van der Waals surface area contributed by atoms with Crippen molar-refractivity contribution in [2.75, 3.05) is 0 Å². The Labute approximate surface area is 315 Å². The summed E-state index contributed by atoms with van der Waals surface area (Å²) in [6.07, 6.45) is 0. The molecule has 2 aliphatic heterocycles. The van der Waals surface area contributed by atoms with Gasteiger partial charge < -0.3 is 18.6 Å². The van der Waals surface area contributed by atoms with Gasteiger partial charge in [0, 0.05) is 39.6 Å². The van der Waals surface area contributed by atoms with Gasteiger partial charge in [-0.3, -0.25) is 0 Å². The molecule has 11 rings (SSSR count). The maximum Gasteiger partial charge on any atom is 0.260 e. The van der Waals surface area contributed by atoms with Gasteiger partial charge >= 0.3 is 0 Å². The number of benzene rings is 7. The van der Waals surface area contributed by atoms with Crippen LogP contribution in [0.1, 0.15) is 37.5 Å². The summed E-state index contributed by atoms with van der Waals surface area (Å²) in [7, 11) is 2.19. The summed E-state index contributed by atoms with van der Waals surface area (Å²) in [6, 6.07) is 46.7. The minimum Gasteiger partial charge on any atom is -0.458 e. The summed E-state index contributed by atoms with van der Waals surface area (Å²) in [5.41, 5.74) is 15.2. The predicted molar refractivity (Wildman–Crippen MR) is 226 cm³/mol. The van der Waals surface area contributed by atoms with E-state index in [1.165, 1.54) is 65.8 Å². The van der Waals surface area contributed by atoms with Crippen molar-refractivity contribution in [3.8, 4) is 39.8 Å². The van der Waals surface area contributed by atoms with Gasteiger partial charge in [0.25, 0.3) is 6.71 Å². The Hall–Kier alpha value is -6.20. The Morgan fingerprint density at radius 2 is 1.24 bits per heavy atom. The molecule has 7 aromatic carbocycles. The first-order valence-electron chi connectivity index (χ1n) is 18.9. The van der Waals surface area contributed by atoms with E-state index in [2.05, 4.69) is 178 Å². The third-order valence-corrected chi connectivity index (χ3v) is 12.0. The van der Waals surface area contributed by atoms with Crippen LogP contribution in [0.15, 0.2) is 127 Å². The van der Waals surface area contributed by atoms with Crippen LogP contribution >= 0.6 is 0 Å². The number of aromatic nitrogens is 2. The van der Waals surface area contributed by atoms with Gasteiger partial charge in [-0.15, -0.1) is 0 Å². The van der Waals surface area contributed by atoms with Crippen molar-refractivity contribution >= 4 is 66.7 Å². The van der Waals surface area contributed by atoms with Crippen LogP contribution in [0.2, 0.25) is 0 Å². The average molecular weight is 699 g/mol. The maximum absolute atomic E-state index is 7.32. The number of hydrogen-bond donors (Lipinski definition) is 0. The van der Waals surface area contributed by atoms with Crippen LogP contribution in [-0.2, 0) is 12.5 Å². The van der Waals surface area contributed by atoms with Crippen LogP contribution < -0.4 is 25.9 Å². The third kappa shape index (κ3) is 4.27. The molecule has 0 unspecified atom stereocenters. The molecule has 0 saturated heterocycles. The molecule has 5 heteroatoms. The third-order valence-electron chi connectivity index (χ3n) is 12.0. The molecule has 0 N–H and O–H groups in total. The van der Waals surface area contributed by atoms with E-state index in [9.17, 15) is 0 Å². The highest BCUT2D eigenvalue weighted by atomic mass is 16.5. The number of ether oxygens (including phenoxy) is 2. The van der Waals surface area contributed by atoms with Gasteiger partial charge in [0.05, 0.1) is 22.2 Å². The van der Waals surface area contributed by atoms with E-state index in [0.717, 1.165) is 50.7 Å². The van der Waals surface area contributed by atoms with Gasteiger partial charge in [0.15, 0.2) is 0 Å². The molecule has 0 fully saturated rings. The molecular formula is C49H39BN2O2. The van der Waals surface area contributed by atoms with Crippen LogP contribution in [0.3, 0.4) is 0 Å². The summed E-state index contributed by atoms with van der Waals surface area (Å²) in [5.74, 6) is 3.50. The molecular weight excluding hydrogens is 659 g/mol. The highest BCUT2D eigenvalue weighted by molar-refractivity contribution is 6.98. The predicted octanol–water partition coefficient (Wildman–Crippen LogP) is 10.7. The van der Waals surface area contributed by atoms with Gasteiger partial charge in [-0.2, -0.15) is 0 Å². The van der Waals surface area contributed by atoms with Gasteiger partial charge in [-0.05, 0) is 94.9 Å². The maximum atomic E-state index is 7.32. The number of hydrogen-bond acceptors (Lipinski definition) is 2. The van der Waals surface area contributed by atoms with Crippen LogP contribution in [-0.4, -0.2) is 15.8 Å². The molecule has 4 heterocycles. The monoisotopic (exact) mass is 698 g/mol. The zero-order valence-electron chi connectivity index (χ0n) is 31.4. The largest absolute Gasteiger partial charge is 0.458 e. The Kier molecular flexibility index (Phi) is 6.34. The molecule has 4 nitrogen and oxygen atoms in total. The van der Waals surface area contributed by atoms with E-state index in [1.54, 1.807) is 0 Å². The average Bonchev–Trinajstić information content (AvgIpc) is 3.66. The van der Waals surface area contributed by atoms with Crippen LogP contribution in [0, 0.1) is 13.8 Å². The summed E-state index contributed by atoms with van der Waals surface area (Å²) in [6.45, 7) is 11.1. The molecule has 54 heavy (non-hydrogen) atoms. The minimum absolute atomic E-state index is 0.0348. The molecule has 2 aromatic heterocycles. The molecule has 0 atom stereocenters. The first kappa shape index (κ1) is 31.3. The molecule has 0 spiro atoms. The summed E-state index contributed by atoms with van der Waals surface area (Å²) >= 11 is 0. The molecule has 260 valence electrons. The minimum atomic E-state index is -0.104. The van der Waals surface area contributed by atoms with Crippen LogP contribution in [0.25, 0.3) is 60.4 Å². The zero-order valence-corrected chi connectivity index (χ0v) is 31.4. The lowest BCUT2D eigenvalue weighted by atomic mass is 9.34. The van der Waals surface area contributed by atoms with E-state index >= 15 is 0 Å². The van der Waals surface area contributed by atoms with Crippen molar-refractivity contribution < 1.29 is 9.47 Å². The molecule has 0 saturated carbocycles. The topological polar surface area (TPSA) is 28.3 Å². The number of rotatable bonds is 2. The zero-order chi connectivity index (χ0) is 36.6. The summed E-state index contributed by atoms with van der Waals surface area (Å²) in [4.78, 5) is 0. The number of fused-ring (bicyclic) bond motifs is 11. The van der Waals surface area contributed by atoms with Crippen molar-refractivity contribution in [3.05, 3.63) is 144 Å². The second kappa shape index (κ2) is 10.9. The molecule has 0 amide bonds. The van der Waals surface area contributed by atoms with Gasteiger partial charge in [0.1, 0.15) is 23.0 Å². The smallest absolute Gasteiger partial charge is 0.260 e. The second-order valence-electron chi connectivity index (χ2n) is 16.3. The quantitative estimate of drug-likeness (QED) is 0.168. The SMILES string of the molecule is Cc1ccc(-c2cc3c4c(c2)Oc2c(cc(-n5c6ccccc6c6ccccc65)c5c6ccccc6n(C)c25)B4c2cc(C(C)(C)C)ccc2O3)c(C)c1.